The van der Waals surface area contributed by atoms with E-state index in [0.717, 1.165) is 11.3 Å². The zero-order valence-corrected chi connectivity index (χ0v) is 16.1. The quantitative estimate of drug-likeness (QED) is 0.521. The fourth-order valence-corrected chi connectivity index (χ4v) is 3.29. The van der Waals surface area contributed by atoms with Crippen molar-refractivity contribution in [2.75, 3.05) is 12.3 Å². The van der Waals surface area contributed by atoms with Gasteiger partial charge in [-0.15, -0.1) is 11.8 Å². The predicted molar refractivity (Wildman–Crippen MR) is 107 cm³/mol. The minimum Gasteiger partial charge on any atom is -0.353 e. The van der Waals surface area contributed by atoms with Crippen LogP contribution in [-0.2, 0) is 9.59 Å². The fourth-order valence-electron chi connectivity index (χ4n) is 2.50. The maximum absolute atomic E-state index is 12.6. The molecule has 2 aromatic carbocycles. The summed E-state index contributed by atoms with van der Waals surface area (Å²) >= 11 is 1.69. The first-order valence-corrected chi connectivity index (χ1v) is 9.84. The van der Waals surface area contributed by atoms with Crippen LogP contribution in [0.3, 0.4) is 0 Å². The second kappa shape index (κ2) is 10.7. The van der Waals surface area contributed by atoms with Crippen molar-refractivity contribution in [1.29, 1.82) is 0 Å². The van der Waals surface area contributed by atoms with Crippen LogP contribution in [0.25, 0.3) is 0 Å². The molecule has 0 radical (unpaired) electrons. The van der Waals surface area contributed by atoms with Crippen molar-refractivity contribution in [2.45, 2.75) is 31.2 Å². The van der Waals surface area contributed by atoms with E-state index in [1.165, 1.54) is 4.90 Å². The lowest BCUT2D eigenvalue weighted by molar-refractivity contribution is -0.129. The first kappa shape index (κ1) is 20.0. The Bertz CT molecular complexity index is 690. The van der Waals surface area contributed by atoms with Gasteiger partial charge in [0, 0.05) is 23.6 Å². The molecular weight excluding hydrogens is 344 g/mol. The Morgan fingerprint density at radius 3 is 2.19 bits per heavy atom. The van der Waals surface area contributed by atoms with Gasteiger partial charge in [0.05, 0.1) is 0 Å². The predicted octanol–water partition coefficient (Wildman–Crippen LogP) is 3.80. The van der Waals surface area contributed by atoms with E-state index in [9.17, 15) is 9.59 Å². The highest BCUT2D eigenvalue weighted by atomic mass is 32.2. The van der Waals surface area contributed by atoms with Crippen LogP contribution < -0.4 is 10.6 Å². The largest absolute Gasteiger partial charge is 0.353 e. The van der Waals surface area contributed by atoms with Crippen molar-refractivity contribution in [3.8, 4) is 0 Å². The Balaban J connectivity index is 1.91. The van der Waals surface area contributed by atoms with E-state index in [2.05, 4.69) is 10.6 Å². The molecule has 0 aliphatic heterocycles. The summed E-state index contributed by atoms with van der Waals surface area (Å²) in [5, 5.41) is 5.80. The second-order valence-electron chi connectivity index (χ2n) is 6.46. The van der Waals surface area contributed by atoms with Gasteiger partial charge in [0.1, 0.15) is 6.04 Å². The molecule has 0 saturated heterocycles. The summed E-state index contributed by atoms with van der Waals surface area (Å²) in [5.41, 5.74) is 0.790. The third-order valence-electron chi connectivity index (χ3n) is 3.71. The van der Waals surface area contributed by atoms with Gasteiger partial charge in [0.15, 0.2) is 0 Å². The highest BCUT2D eigenvalue weighted by Gasteiger charge is 2.22. The van der Waals surface area contributed by atoms with Crippen LogP contribution in [0, 0.1) is 5.92 Å². The van der Waals surface area contributed by atoms with E-state index in [1.807, 2.05) is 74.5 Å². The standard InChI is InChI=1S/C21H26N2O2S/c1-16(2)15-19(24)23-20(17-9-5-3-6-10-17)21(25)22-13-14-26-18-11-7-4-8-12-18/h3-12,16,20H,13-15H2,1-2H3,(H,22,25)(H,23,24). The Hall–Kier alpha value is -2.27. The highest BCUT2D eigenvalue weighted by molar-refractivity contribution is 7.99. The van der Waals surface area contributed by atoms with Crippen molar-refractivity contribution in [3.63, 3.8) is 0 Å². The summed E-state index contributed by atoms with van der Waals surface area (Å²) in [6.45, 7) is 4.51. The molecule has 2 N–H and O–H groups in total. The van der Waals surface area contributed by atoms with Gasteiger partial charge in [-0.05, 0) is 23.6 Å². The minimum absolute atomic E-state index is 0.109. The number of hydrogen-bond donors (Lipinski definition) is 2. The average molecular weight is 371 g/mol. The van der Waals surface area contributed by atoms with Gasteiger partial charge < -0.3 is 10.6 Å². The maximum atomic E-state index is 12.6. The zero-order chi connectivity index (χ0) is 18.8. The molecule has 4 nitrogen and oxygen atoms in total. The van der Waals surface area contributed by atoms with Crippen molar-refractivity contribution in [1.82, 2.24) is 10.6 Å². The van der Waals surface area contributed by atoms with Gasteiger partial charge >= 0.3 is 0 Å². The van der Waals surface area contributed by atoms with E-state index >= 15 is 0 Å². The van der Waals surface area contributed by atoms with E-state index < -0.39 is 6.04 Å². The van der Waals surface area contributed by atoms with Crippen LogP contribution in [0.5, 0.6) is 0 Å². The smallest absolute Gasteiger partial charge is 0.247 e. The molecule has 1 unspecified atom stereocenters. The first-order valence-electron chi connectivity index (χ1n) is 8.86. The topological polar surface area (TPSA) is 58.2 Å². The lowest BCUT2D eigenvalue weighted by atomic mass is 10.0. The van der Waals surface area contributed by atoms with E-state index in [0.29, 0.717) is 13.0 Å². The molecule has 1 atom stereocenters. The minimum atomic E-state index is -0.663. The van der Waals surface area contributed by atoms with Crippen LogP contribution in [-0.4, -0.2) is 24.1 Å². The first-order chi connectivity index (χ1) is 12.6. The van der Waals surface area contributed by atoms with Gasteiger partial charge in [-0.3, -0.25) is 9.59 Å². The van der Waals surface area contributed by atoms with Crippen LogP contribution in [0.15, 0.2) is 65.6 Å². The van der Waals surface area contributed by atoms with Gasteiger partial charge in [-0.1, -0.05) is 62.4 Å². The van der Waals surface area contributed by atoms with Gasteiger partial charge in [0.25, 0.3) is 0 Å². The molecule has 0 fully saturated rings. The van der Waals surface area contributed by atoms with Crippen LogP contribution in [0.4, 0.5) is 0 Å². The highest BCUT2D eigenvalue weighted by Crippen LogP contribution is 2.17. The molecule has 5 heteroatoms. The van der Waals surface area contributed by atoms with E-state index in [1.54, 1.807) is 11.8 Å². The van der Waals surface area contributed by atoms with Crippen LogP contribution >= 0.6 is 11.8 Å². The van der Waals surface area contributed by atoms with Crippen LogP contribution in [0.1, 0.15) is 31.9 Å². The molecule has 2 aromatic rings. The number of rotatable bonds is 9. The molecule has 2 rings (SSSR count). The van der Waals surface area contributed by atoms with Crippen molar-refractivity contribution < 1.29 is 9.59 Å². The molecule has 0 aromatic heterocycles. The number of nitrogens with one attached hydrogen (secondary N) is 2. The Morgan fingerprint density at radius 1 is 0.962 bits per heavy atom. The van der Waals surface area contributed by atoms with Crippen molar-refractivity contribution >= 4 is 23.6 Å². The Labute approximate surface area is 159 Å². The summed E-state index contributed by atoms with van der Waals surface area (Å²) in [5.74, 6) is 0.735. The van der Waals surface area contributed by atoms with Crippen LogP contribution in [0.2, 0.25) is 0 Å². The molecule has 0 aliphatic carbocycles. The molecule has 138 valence electrons. The third-order valence-corrected chi connectivity index (χ3v) is 4.72. The maximum Gasteiger partial charge on any atom is 0.247 e. The summed E-state index contributed by atoms with van der Waals surface area (Å²) in [6, 6.07) is 18.8. The van der Waals surface area contributed by atoms with E-state index in [4.69, 9.17) is 0 Å². The van der Waals surface area contributed by atoms with Gasteiger partial charge in [0.2, 0.25) is 11.8 Å². The normalized spacial score (nSPS) is 11.8. The summed E-state index contributed by atoms with van der Waals surface area (Å²) in [6.07, 6.45) is 0.403. The van der Waals surface area contributed by atoms with Gasteiger partial charge in [-0.25, -0.2) is 0 Å². The molecule has 0 aliphatic rings. The number of hydrogen-bond acceptors (Lipinski definition) is 3. The van der Waals surface area contributed by atoms with Crippen molar-refractivity contribution in [2.24, 2.45) is 5.92 Å². The average Bonchev–Trinajstić information content (AvgIpc) is 2.64. The Kier molecular flexibility index (Phi) is 8.22. The number of thioether (sulfide) groups is 1. The molecule has 0 saturated carbocycles. The monoisotopic (exact) mass is 370 g/mol. The van der Waals surface area contributed by atoms with E-state index in [-0.39, 0.29) is 17.7 Å². The van der Waals surface area contributed by atoms with Gasteiger partial charge in [-0.2, -0.15) is 0 Å². The number of carbonyl (C=O) groups excluding carboxylic acids is 2. The summed E-state index contributed by atoms with van der Waals surface area (Å²) in [7, 11) is 0. The molecule has 0 bridgehead atoms. The second-order valence-corrected chi connectivity index (χ2v) is 7.63. The Morgan fingerprint density at radius 2 is 1.58 bits per heavy atom. The molecule has 2 amide bonds. The SMILES string of the molecule is CC(C)CC(=O)NC(C(=O)NCCSc1ccccc1)c1ccccc1. The summed E-state index contributed by atoms with van der Waals surface area (Å²) in [4.78, 5) is 26.0. The number of benzene rings is 2. The molecule has 26 heavy (non-hydrogen) atoms. The zero-order valence-electron chi connectivity index (χ0n) is 15.3. The third kappa shape index (κ3) is 6.92. The lowest BCUT2D eigenvalue weighted by Crippen LogP contribution is -2.41. The number of amides is 2. The molecule has 0 spiro atoms. The lowest BCUT2D eigenvalue weighted by Gasteiger charge is -2.19. The van der Waals surface area contributed by atoms with Crippen molar-refractivity contribution in [3.05, 3.63) is 66.2 Å². The fraction of sp³-hybridized carbons (Fsp3) is 0.333. The number of carbonyl (C=O) groups is 2. The molecular formula is C21H26N2O2S. The summed E-state index contributed by atoms with van der Waals surface area (Å²) < 4.78 is 0. The molecule has 0 heterocycles.